The van der Waals surface area contributed by atoms with E-state index in [1.54, 1.807) is 12.1 Å². The summed E-state index contributed by atoms with van der Waals surface area (Å²) in [7, 11) is 0. The molecule has 98 valence electrons. The molecule has 0 saturated carbocycles. The van der Waals surface area contributed by atoms with Gasteiger partial charge in [-0.15, -0.1) is 0 Å². The smallest absolute Gasteiger partial charge is 0.260 e. The van der Waals surface area contributed by atoms with Crippen molar-refractivity contribution in [3.8, 4) is 11.5 Å². The van der Waals surface area contributed by atoms with E-state index in [1.807, 2.05) is 4.90 Å². The number of nitrogens with two attached hydrogens (primary N) is 1. The van der Waals surface area contributed by atoms with E-state index < -0.39 is 0 Å². The molecule has 18 heavy (non-hydrogen) atoms. The summed E-state index contributed by atoms with van der Waals surface area (Å²) < 4.78 is 5.36. The summed E-state index contributed by atoms with van der Waals surface area (Å²) in [5, 5.41) is 9.41. The summed E-state index contributed by atoms with van der Waals surface area (Å²) in [6, 6.07) is 4.75. The second-order valence-electron chi connectivity index (χ2n) is 4.42. The average Bonchev–Trinajstić information content (AvgIpc) is 2.41. The van der Waals surface area contributed by atoms with Crippen molar-refractivity contribution in [1.82, 2.24) is 4.90 Å². The van der Waals surface area contributed by atoms with Gasteiger partial charge in [0.25, 0.3) is 5.91 Å². The molecule has 0 atom stereocenters. The van der Waals surface area contributed by atoms with Gasteiger partial charge in [-0.05, 0) is 31.4 Å². The minimum Gasteiger partial charge on any atom is -0.506 e. The first kappa shape index (κ1) is 12.5. The molecular formula is C13H18N2O3. The first-order chi connectivity index (χ1) is 8.68. The number of carbonyl (C=O) groups is 1. The number of piperidine rings is 1. The van der Waals surface area contributed by atoms with Gasteiger partial charge in [-0.3, -0.25) is 4.79 Å². The lowest BCUT2D eigenvalue weighted by molar-refractivity contribution is -0.134. The molecule has 5 nitrogen and oxygen atoms in total. The second-order valence-corrected chi connectivity index (χ2v) is 4.42. The van der Waals surface area contributed by atoms with Crippen molar-refractivity contribution in [2.45, 2.75) is 19.3 Å². The minimum atomic E-state index is -0.0341. The molecular weight excluding hydrogens is 232 g/mol. The fourth-order valence-corrected chi connectivity index (χ4v) is 2.03. The third kappa shape index (κ3) is 2.85. The van der Waals surface area contributed by atoms with Crippen LogP contribution in [0.5, 0.6) is 11.5 Å². The van der Waals surface area contributed by atoms with E-state index in [2.05, 4.69) is 0 Å². The van der Waals surface area contributed by atoms with E-state index in [0.29, 0.717) is 5.75 Å². The van der Waals surface area contributed by atoms with Crippen LogP contribution in [0.3, 0.4) is 0 Å². The van der Waals surface area contributed by atoms with E-state index in [1.165, 1.54) is 12.5 Å². The highest BCUT2D eigenvalue weighted by Crippen LogP contribution is 2.29. The number of phenolic OH excluding ortho intramolecular Hbond substituents is 1. The lowest BCUT2D eigenvalue weighted by Gasteiger charge is -2.26. The van der Waals surface area contributed by atoms with Crippen LogP contribution >= 0.6 is 0 Å². The second kappa shape index (κ2) is 5.62. The molecule has 1 amide bonds. The molecule has 0 aromatic heterocycles. The number of aromatic hydroxyl groups is 1. The zero-order valence-electron chi connectivity index (χ0n) is 10.3. The van der Waals surface area contributed by atoms with Crippen molar-refractivity contribution in [2.24, 2.45) is 0 Å². The van der Waals surface area contributed by atoms with Gasteiger partial charge in [0.05, 0.1) is 0 Å². The molecule has 1 fully saturated rings. The molecule has 5 heteroatoms. The van der Waals surface area contributed by atoms with Crippen molar-refractivity contribution in [2.75, 3.05) is 25.4 Å². The van der Waals surface area contributed by atoms with Crippen LogP contribution in [-0.2, 0) is 4.79 Å². The number of rotatable bonds is 3. The fraction of sp³-hybridized carbons (Fsp3) is 0.462. The molecule has 0 spiro atoms. The van der Waals surface area contributed by atoms with Crippen LogP contribution in [0.4, 0.5) is 5.69 Å². The van der Waals surface area contributed by atoms with Crippen LogP contribution in [0, 0.1) is 0 Å². The van der Waals surface area contributed by atoms with E-state index in [0.717, 1.165) is 25.9 Å². The van der Waals surface area contributed by atoms with E-state index in [4.69, 9.17) is 10.5 Å². The molecule has 0 bridgehead atoms. The Hall–Kier alpha value is -1.91. The van der Waals surface area contributed by atoms with Gasteiger partial charge in [0.15, 0.2) is 6.61 Å². The highest BCUT2D eigenvalue weighted by Gasteiger charge is 2.17. The Balaban J connectivity index is 1.90. The quantitative estimate of drug-likeness (QED) is 0.627. The summed E-state index contributed by atoms with van der Waals surface area (Å²) in [5.74, 6) is 0.288. The van der Waals surface area contributed by atoms with Crippen LogP contribution in [0.2, 0.25) is 0 Å². The molecule has 1 aromatic rings. The number of anilines is 1. The van der Waals surface area contributed by atoms with E-state index >= 15 is 0 Å². The van der Waals surface area contributed by atoms with Crippen LogP contribution in [0.1, 0.15) is 19.3 Å². The standard InChI is InChI=1S/C13H18N2O3/c14-13-10(16)5-4-6-11(13)18-9-12(17)15-7-2-1-3-8-15/h4-6,16H,1-3,7-9,14H2. The molecule has 2 rings (SSSR count). The van der Waals surface area contributed by atoms with Gasteiger partial charge < -0.3 is 20.5 Å². The summed E-state index contributed by atoms with van der Waals surface area (Å²) in [6.45, 7) is 1.57. The van der Waals surface area contributed by atoms with Crippen molar-refractivity contribution in [1.29, 1.82) is 0 Å². The van der Waals surface area contributed by atoms with Crippen molar-refractivity contribution < 1.29 is 14.6 Å². The largest absolute Gasteiger partial charge is 0.506 e. The molecule has 1 saturated heterocycles. The normalized spacial score (nSPS) is 15.4. The molecule has 1 aromatic carbocycles. The number of phenols is 1. The number of benzene rings is 1. The van der Waals surface area contributed by atoms with Crippen LogP contribution < -0.4 is 10.5 Å². The van der Waals surface area contributed by atoms with Gasteiger partial charge in [-0.1, -0.05) is 6.07 Å². The van der Waals surface area contributed by atoms with Gasteiger partial charge in [-0.2, -0.15) is 0 Å². The first-order valence-corrected chi connectivity index (χ1v) is 6.16. The van der Waals surface area contributed by atoms with Crippen LogP contribution in [0.25, 0.3) is 0 Å². The van der Waals surface area contributed by atoms with E-state index in [-0.39, 0.29) is 24.0 Å². The van der Waals surface area contributed by atoms with Gasteiger partial charge in [0, 0.05) is 13.1 Å². The van der Waals surface area contributed by atoms with Crippen LogP contribution in [0.15, 0.2) is 18.2 Å². The number of carbonyl (C=O) groups excluding carboxylic acids is 1. The third-order valence-electron chi connectivity index (χ3n) is 3.10. The Morgan fingerprint density at radius 2 is 2.06 bits per heavy atom. The molecule has 0 unspecified atom stereocenters. The third-order valence-corrected chi connectivity index (χ3v) is 3.10. The number of ether oxygens (including phenoxy) is 1. The lowest BCUT2D eigenvalue weighted by atomic mass is 10.1. The number of nitrogens with zero attached hydrogens (tertiary/aromatic N) is 1. The molecule has 1 aliphatic heterocycles. The minimum absolute atomic E-state index is 0.0297. The first-order valence-electron chi connectivity index (χ1n) is 6.16. The van der Waals surface area contributed by atoms with Crippen molar-refractivity contribution >= 4 is 11.6 Å². The highest BCUT2D eigenvalue weighted by atomic mass is 16.5. The number of para-hydroxylation sites is 1. The maximum absolute atomic E-state index is 11.9. The highest BCUT2D eigenvalue weighted by molar-refractivity contribution is 5.78. The lowest BCUT2D eigenvalue weighted by Crippen LogP contribution is -2.38. The molecule has 3 N–H and O–H groups in total. The SMILES string of the molecule is Nc1c(O)cccc1OCC(=O)N1CCCCC1. The maximum Gasteiger partial charge on any atom is 0.260 e. The van der Waals surface area contributed by atoms with Crippen molar-refractivity contribution in [3.05, 3.63) is 18.2 Å². The molecule has 0 radical (unpaired) electrons. The Labute approximate surface area is 106 Å². The van der Waals surface area contributed by atoms with Gasteiger partial charge in [0.1, 0.15) is 17.2 Å². The number of hydrogen-bond acceptors (Lipinski definition) is 4. The molecule has 1 heterocycles. The zero-order valence-corrected chi connectivity index (χ0v) is 10.3. The Bertz CT molecular complexity index is 428. The number of nitrogen functional groups attached to an aromatic ring is 1. The Kier molecular flexibility index (Phi) is 3.92. The summed E-state index contributed by atoms with van der Waals surface area (Å²) in [4.78, 5) is 13.7. The maximum atomic E-state index is 11.9. The average molecular weight is 250 g/mol. The molecule has 0 aliphatic carbocycles. The van der Waals surface area contributed by atoms with Crippen LogP contribution in [-0.4, -0.2) is 35.6 Å². The monoisotopic (exact) mass is 250 g/mol. The predicted molar refractivity (Wildman–Crippen MR) is 68.4 cm³/mol. The van der Waals surface area contributed by atoms with E-state index in [9.17, 15) is 9.90 Å². The summed E-state index contributed by atoms with van der Waals surface area (Å²) >= 11 is 0. The van der Waals surface area contributed by atoms with Gasteiger partial charge >= 0.3 is 0 Å². The summed E-state index contributed by atoms with van der Waals surface area (Å²) in [6.07, 6.45) is 3.30. The van der Waals surface area contributed by atoms with Gasteiger partial charge in [-0.25, -0.2) is 0 Å². The Morgan fingerprint density at radius 1 is 1.33 bits per heavy atom. The molecule has 1 aliphatic rings. The zero-order chi connectivity index (χ0) is 13.0. The number of likely N-dealkylation sites (tertiary alicyclic amines) is 1. The van der Waals surface area contributed by atoms with Crippen molar-refractivity contribution in [3.63, 3.8) is 0 Å². The number of amides is 1. The fourth-order valence-electron chi connectivity index (χ4n) is 2.03. The summed E-state index contributed by atoms with van der Waals surface area (Å²) in [5.41, 5.74) is 5.82. The Morgan fingerprint density at radius 3 is 2.78 bits per heavy atom. The predicted octanol–water partition coefficient (Wildman–Crippen LogP) is 1.37. The van der Waals surface area contributed by atoms with Gasteiger partial charge in [0.2, 0.25) is 0 Å². The number of hydrogen-bond donors (Lipinski definition) is 2. The topological polar surface area (TPSA) is 75.8 Å².